The Balaban J connectivity index is 1.96. The molecule has 2 heterocycles. The van der Waals surface area contributed by atoms with Crippen LogP contribution in [0.1, 0.15) is 31.7 Å². The van der Waals surface area contributed by atoms with Crippen LogP contribution in [0.4, 0.5) is 29.2 Å². The van der Waals surface area contributed by atoms with E-state index in [1.54, 1.807) is 6.07 Å². The third-order valence-electron chi connectivity index (χ3n) is 4.24. The molecule has 0 aliphatic rings. The summed E-state index contributed by atoms with van der Waals surface area (Å²) in [6.07, 6.45) is -0.586. The van der Waals surface area contributed by atoms with E-state index in [1.807, 2.05) is 6.92 Å². The predicted octanol–water partition coefficient (Wildman–Crippen LogP) is 4.88. The second kappa shape index (κ2) is 7.95. The molecule has 1 aromatic carbocycles. The van der Waals surface area contributed by atoms with Crippen LogP contribution in [0.25, 0.3) is 11.0 Å². The van der Waals surface area contributed by atoms with Crippen molar-refractivity contribution in [1.82, 2.24) is 14.5 Å². The van der Waals surface area contributed by atoms with Gasteiger partial charge in [0, 0.05) is 29.9 Å². The molecule has 148 valence electrons. The fourth-order valence-electron chi connectivity index (χ4n) is 2.82. The summed E-state index contributed by atoms with van der Waals surface area (Å²) in [5.74, 6) is -1.34. The number of aromatic nitrogens is 3. The Bertz CT molecular complexity index is 1050. The molecule has 1 N–H and O–H groups in total. The molecule has 0 unspecified atom stereocenters. The number of nitrogens with zero attached hydrogens (tertiary/aromatic N) is 3. The maximum absolute atomic E-state index is 13.4. The maximum Gasteiger partial charge on any atom is 0.419 e. The van der Waals surface area contributed by atoms with E-state index in [0.29, 0.717) is 23.6 Å². The monoisotopic (exact) mass is 394 g/mol. The molecule has 0 aliphatic heterocycles. The first-order valence-corrected chi connectivity index (χ1v) is 8.80. The van der Waals surface area contributed by atoms with Gasteiger partial charge in [0.05, 0.1) is 5.56 Å². The Morgan fingerprint density at radius 2 is 1.93 bits per heavy atom. The number of hydrogen-bond donors (Lipinski definition) is 1. The van der Waals surface area contributed by atoms with E-state index in [-0.39, 0.29) is 17.2 Å². The Morgan fingerprint density at radius 3 is 2.64 bits per heavy atom. The lowest BCUT2D eigenvalue weighted by molar-refractivity contribution is -0.139. The van der Waals surface area contributed by atoms with Crippen molar-refractivity contribution in [1.29, 1.82) is 0 Å². The van der Waals surface area contributed by atoms with Crippen molar-refractivity contribution in [2.24, 2.45) is 0 Å². The third kappa shape index (κ3) is 4.29. The summed E-state index contributed by atoms with van der Waals surface area (Å²) in [4.78, 5) is 20.6. The van der Waals surface area contributed by atoms with Gasteiger partial charge in [-0.2, -0.15) is 18.2 Å². The lowest BCUT2D eigenvalue weighted by Crippen LogP contribution is -2.20. The van der Waals surface area contributed by atoms with Gasteiger partial charge in [-0.3, -0.25) is 9.36 Å². The van der Waals surface area contributed by atoms with E-state index in [4.69, 9.17) is 0 Å². The van der Waals surface area contributed by atoms with Crippen molar-refractivity contribution in [2.45, 2.75) is 38.9 Å². The normalized spacial score (nSPS) is 11.8. The van der Waals surface area contributed by atoms with Gasteiger partial charge in [-0.15, -0.1) is 0 Å². The van der Waals surface area contributed by atoms with Crippen molar-refractivity contribution < 1.29 is 17.6 Å². The van der Waals surface area contributed by atoms with Gasteiger partial charge in [0.15, 0.2) is 0 Å². The van der Waals surface area contributed by atoms with Crippen molar-refractivity contribution in [3.05, 3.63) is 58.3 Å². The molecule has 0 amide bonds. The van der Waals surface area contributed by atoms with Gasteiger partial charge in [-0.05, 0) is 30.7 Å². The number of benzene rings is 1. The first-order valence-electron chi connectivity index (χ1n) is 8.80. The smallest absolute Gasteiger partial charge is 0.324 e. The number of alkyl halides is 3. The molecule has 0 saturated heterocycles. The highest BCUT2D eigenvalue weighted by Crippen LogP contribution is 2.33. The first kappa shape index (κ1) is 19.8. The van der Waals surface area contributed by atoms with Crippen LogP contribution in [0.3, 0.4) is 0 Å². The van der Waals surface area contributed by atoms with Crippen LogP contribution in [-0.4, -0.2) is 14.5 Å². The fourth-order valence-corrected chi connectivity index (χ4v) is 2.82. The summed E-state index contributed by atoms with van der Waals surface area (Å²) in [6.45, 7) is 2.53. The van der Waals surface area contributed by atoms with Gasteiger partial charge in [-0.1, -0.05) is 19.8 Å². The quantitative estimate of drug-likeness (QED) is 0.478. The van der Waals surface area contributed by atoms with Crippen LogP contribution in [-0.2, 0) is 12.7 Å². The van der Waals surface area contributed by atoms with E-state index >= 15 is 0 Å². The molecule has 0 atom stereocenters. The summed E-state index contributed by atoms with van der Waals surface area (Å²) < 4.78 is 53.6. The molecule has 0 fully saturated rings. The summed E-state index contributed by atoms with van der Waals surface area (Å²) in [5, 5.41) is 3.28. The zero-order valence-electron chi connectivity index (χ0n) is 15.1. The second-order valence-corrected chi connectivity index (χ2v) is 6.32. The number of aryl methyl sites for hydroxylation is 1. The molecule has 0 saturated carbocycles. The van der Waals surface area contributed by atoms with Gasteiger partial charge in [0.1, 0.15) is 11.5 Å². The molecule has 0 aliphatic carbocycles. The SMILES string of the molecule is CCCCCn1c(=O)ccc2cnc(Nc3ccc(F)c(C(F)(F)F)c3)nc21. The van der Waals surface area contributed by atoms with Crippen LogP contribution in [0.15, 0.2) is 41.3 Å². The average molecular weight is 394 g/mol. The summed E-state index contributed by atoms with van der Waals surface area (Å²) >= 11 is 0. The molecule has 3 rings (SSSR count). The van der Waals surface area contributed by atoms with Crippen molar-refractivity contribution in [3.8, 4) is 0 Å². The van der Waals surface area contributed by atoms with Crippen LogP contribution in [0.2, 0.25) is 0 Å². The van der Waals surface area contributed by atoms with Gasteiger partial charge >= 0.3 is 6.18 Å². The highest BCUT2D eigenvalue weighted by Gasteiger charge is 2.34. The zero-order valence-corrected chi connectivity index (χ0v) is 15.1. The summed E-state index contributed by atoms with van der Waals surface area (Å²) in [7, 11) is 0. The number of fused-ring (bicyclic) bond motifs is 1. The number of hydrogen-bond acceptors (Lipinski definition) is 4. The van der Waals surface area contributed by atoms with E-state index in [1.165, 1.54) is 16.8 Å². The van der Waals surface area contributed by atoms with E-state index in [9.17, 15) is 22.4 Å². The van der Waals surface area contributed by atoms with E-state index in [2.05, 4.69) is 15.3 Å². The first-order chi connectivity index (χ1) is 13.3. The minimum Gasteiger partial charge on any atom is -0.324 e. The molecule has 2 aromatic heterocycles. The lowest BCUT2D eigenvalue weighted by Gasteiger charge is -2.12. The number of rotatable bonds is 6. The van der Waals surface area contributed by atoms with Crippen LogP contribution >= 0.6 is 0 Å². The Morgan fingerprint density at radius 1 is 1.14 bits per heavy atom. The van der Waals surface area contributed by atoms with Crippen molar-refractivity contribution in [3.63, 3.8) is 0 Å². The number of unbranched alkanes of at least 4 members (excludes halogenated alkanes) is 2. The molecule has 3 aromatic rings. The molecule has 0 bridgehead atoms. The van der Waals surface area contributed by atoms with Crippen LogP contribution in [0, 0.1) is 5.82 Å². The van der Waals surface area contributed by atoms with E-state index < -0.39 is 17.6 Å². The minimum atomic E-state index is -4.81. The fraction of sp³-hybridized carbons (Fsp3) is 0.316. The van der Waals surface area contributed by atoms with Crippen LogP contribution in [0.5, 0.6) is 0 Å². The van der Waals surface area contributed by atoms with E-state index in [0.717, 1.165) is 31.4 Å². The van der Waals surface area contributed by atoms with Gasteiger partial charge < -0.3 is 5.32 Å². The molecule has 9 heteroatoms. The summed E-state index contributed by atoms with van der Waals surface area (Å²) in [5.41, 5.74) is -1.22. The number of pyridine rings is 1. The number of anilines is 2. The minimum absolute atomic E-state index is 0.0103. The largest absolute Gasteiger partial charge is 0.419 e. The molecule has 5 nitrogen and oxygen atoms in total. The molecule has 0 spiro atoms. The molecular weight excluding hydrogens is 376 g/mol. The van der Waals surface area contributed by atoms with Gasteiger partial charge in [0.25, 0.3) is 5.56 Å². The lowest BCUT2D eigenvalue weighted by atomic mass is 10.2. The Labute approximate surface area is 158 Å². The topological polar surface area (TPSA) is 59.8 Å². The van der Waals surface area contributed by atoms with Crippen LogP contribution < -0.4 is 10.9 Å². The maximum atomic E-state index is 13.4. The molecular formula is C19H18F4N4O. The zero-order chi connectivity index (χ0) is 20.3. The van der Waals surface area contributed by atoms with Gasteiger partial charge in [-0.25, -0.2) is 9.37 Å². The molecule has 28 heavy (non-hydrogen) atoms. The van der Waals surface area contributed by atoms with Crippen molar-refractivity contribution in [2.75, 3.05) is 5.32 Å². The molecule has 0 radical (unpaired) electrons. The average Bonchev–Trinajstić information content (AvgIpc) is 2.64. The number of halogens is 4. The summed E-state index contributed by atoms with van der Waals surface area (Å²) in [6, 6.07) is 5.57. The second-order valence-electron chi connectivity index (χ2n) is 6.32. The standard InChI is InChI=1S/C19H18F4N4O/c1-2-3-4-9-27-16(28)8-5-12-11-24-18(26-17(12)27)25-13-6-7-15(20)14(10-13)19(21,22)23/h5-8,10-11H,2-4,9H2,1H3,(H,24,25,26). The highest BCUT2D eigenvalue weighted by atomic mass is 19.4. The van der Waals surface area contributed by atoms with Gasteiger partial charge in [0.2, 0.25) is 5.95 Å². The Kier molecular flexibility index (Phi) is 5.62. The predicted molar refractivity (Wildman–Crippen MR) is 98.0 cm³/mol. The third-order valence-corrected chi connectivity index (χ3v) is 4.24. The highest BCUT2D eigenvalue weighted by molar-refractivity contribution is 5.75. The Hall–Kier alpha value is -2.97. The van der Waals surface area contributed by atoms with Crippen molar-refractivity contribution >= 4 is 22.7 Å². The number of nitrogens with one attached hydrogen (secondary N) is 1.